The summed E-state index contributed by atoms with van der Waals surface area (Å²) in [7, 11) is 1.81. The van der Waals surface area contributed by atoms with Crippen molar-refractivity contribution in [3.63, 3.8) is 0 Å². The molecule has 0 aromatic carbocycles. The maximum Gasteiger partial charge on any atom is 0.484 e. The average molecular weight is 258 g/mol. The lowest BCUT2D eigenvalue weighted by Gasteiger charge is -2.12. The Kier molecular flexibility index (Phi) is 19.9. The lowest BCUT2D eigenvalue weighted by Crippen LogP contribution is -2.27. The molecule has 14 heavy (non-hydrogen) atoms. The zero-order chi connectivity index (χ0) is 11.2. The van der Waals surface area contributed by atoms with E-state index in [0.29, 0.717) is 19.8 Å². The van der Waals surface area contributed by atoms with E-state index >= 15 is 0 Å². The van der Waals surface area contributed by atoms with Crippen molar-refractivity contribution in [3.8, 4) is 0 Å². The Balaban J connectivity index is 0. The normalized spacial score (nSPS) is 9.86. The van der Waals surface area contributed by atoms with Crippen LogP contribution in [0.5, 0.6) is 0 Å². The highest BCUT2D eigenvalue weighted by Crippen LogP contribution is 2.09. The third kappa shape index (κ3) is 15.3. The van der Waals surface area contributed by atoms with Gasteiger partial charge in [-0.3, -0.25) is 0 Å². The molecule has 0 fully saturated rings. The summed E-state index contributed by atoms with van der Waals surface area (Å²) in [5, 5.41) is 0. The lowest BCUT2D eigenvalue weighted by molar-refractivity contribution is 0.107. The third-order valence-electron chi connectivity index (χ3n) is 1.07. The van der Waals surface area contributed by atoms with Gasteiger partial charge in [0.25, 0.3) is 0 Å². The highest BCUT2D eigenvalue weighted by molar-refractivity contribution is 8.76. The second kappa shape index (κ2) is 16.2. The van der Waals surface area contributed by atoms with E-state index in [9.17, 15) is 0 Å². The van der Waals surface area contributed by atoms with Gasteiger partial charge in [0.05, 0.1) is 0 Å². The van der Waals surface area contributed by atoms with E-state index in [1.165, 1.54) is 0 Å². The second-order valence-corrected chi connectivity index (χ2v) is 6.23. The molecule has 0 unspecified atom stereocenters. The minimum Gasteiger partial charge on any atom is -0.376 e. The Bertz CT molecular complexity index is 82.4. The quantitative estimate of drug-likeness (QED) is 0.516. The molecule has 0 aliphatic carbocycles. The molecular formula is C8H22O3S2Si. The van der Waals surface area contributed by atoms with Crippen LogP contribution in [-0.2, 0) is 13.3 Å². The van der Waals surface area contributed by atoms with Crippen LogP contribution in [0, 0.1) is 0 Å². The molecular weight excluding hydrogens is 236 g/mol. The molecule has 0 aliphatic heterocycles. The Morgan fingerprint density at radius 1 is 0.786 bits per heavy atom. The van der Waals surface area contributed by atoms with E-state index in [0.717, 1.165) is 0 Å². The van der Waals surface area contributed by atoms with Crippen molar-refractivity contribution in [2.45, 2.75) is 20.8 Å². The fourth-order valence-electron chi connectivity index (χ4n) is 0.553. The van der Waals surface area contributed by atoms with Crippen molar-refractivity contribution in [1.82, 2.24) is 0 Å². The van der Waals surface area contributed by atoms with Gasteiger partial charge >= 0.3 is 9.53 Å². The van der Waals surface area contributed by atoms with Gasteiger partial charge in [0.1, 0.15) is 0 Å². The van der Waals surface area contributed by atoms with E-state index in [1.54, 1.807) is 21.6 Å². The molecule has 0 spiro atoms. The van der Waals surface area contributed by atoms with Crippen molar-refractivity contribution in [3.05, 3.63) is 0 Å². The summed E-state index contributed by atoms with van der Waals surface area (Å²) >= 11 is 0. The van der Waals surface area contributed by atoms with Crippen LogP contribution in [0.15, 0.2) is 0 Å². The Morgan fingerprint density at radius 2 is 1.07 bits per heavy atom. The smallest absolute Gasteiger partial charge is 0.376 e. The average Bonchev–Trinajstić information content (AvgIpc) is 2.20. The summed E-state index contributed by atoms with van der Waals surface area (Å²) in [5.74, 6) is 0. The fourth-order valence-corrected chi connectivity index (χ4v) is 1.66. The largest absolute Gasteiger partial charge is 0.484 e. The molecule has 0 amide bonds. The maximum atomic E-state index is 5.22. The van der Waals surface area contributed by atoms with E-state index in [1.807, 2.05) is 20.8 Å². The van der Waals surface area contributed by atoms with Gasteiger partial charge in [0.2, 0.25) is 0 Å². The molecule has 3 nitrogen and oxygen atoms in total. The maximum absolute atomic E-state index is 5.22. The van der Waals surface area contributed by atoms with E-state index in [-0.39, 0.29) is 0 Å². The standard InChI is InChI=1S/C6H16O3Si.C2H6S2/c1-4-7-10(8-5-2)9-6-3;1-3-4-2/h10H,4-6H2,1-3H3;1-2H3. The summed E-state index contributed by atoms with van der Waals surface area (Å²) < 4.78 is 15.7. The molecule has 88 valence electrons. The molecule has 0 atom stereocenters. The van der Waals surface area contributed by atoms with Crippen molar-refractivity contribution in [1.29, 1.82) is 0 Å². The van der Waals surface area contributed by atoms with Gasteiger partial charge in [-0.15, -0.1) is 0 Å². The number of rotatable bonds is 7. The highest BCUT2D eigenvalue weighted by atomic mass is 33.1. The van der Waals surface area contributed by atoms with Gasteiger partial charge in [-0.05, 0) is 33.3 Å². The topological polar surface area (TPSA) is 27.7 Å². The molecule has 6 heteroatoms. The SMILES string of the molecule is CCO[SiH](OCC)OCC.CSSC. The molecule has 0 N–H and O–H groups in total. The zero-order valence-electron chi connectivity index (χ0n) is 9.74. The van der Waals surface area contributed by atoms with Crippen molar-refractivity contribution < 1.29 is 13.3 Å². The highest BCUT2D eigenvalue weighted by Gasteiger charge is 2.11. The van der Waals surface area contributed by atoms with Gasteiger partial charge < -0.3 is 13.3 Å². The van der Waals surface area contributed by atoms with Gasteiger partial charge in [-0.2, -0.15) is 0 Å². The molecule has 0 saturated heterocycles. The van der Waals surface area contributed by atoms with Crippen LogP contribution in [0.1, 0.15) is 20.8 Å². The van der Waals surface area contributed by atoms with Crippen LogP contribution < -0.4 is 0 Å². The summed E-state index contributed by atoms with van der Waals surface area (Å²) in [6.07, 6.45) is 4.12. The first-order valence-electron chi connectivity index (χ1n) is 4.68. The number of hydrogen-bond acceptors (Lipinski definition) is 5. The second-order valence-electron chi connectivity index (χ2n) is 1.99. The fraction of sp³-hybridized carbons (Fsp3) is 1.00. The minimum atomic E-state index is -1.73. The first-order valence-corrected chi connectivity index (χ1v) is 9.06. The molecule has 0 aromatic rings. The Labute approximate surface area is 97.6 Å². The van der Waals surface area contributed by atoms with E-state index < -0.39 is 9.53 Å². The summed E-state index contributed by atoms with van der Waals surface area (Å²) in [5.41, 5.74) is 0. The molecule has 0 aliphatic rings. The minimum absolute atomic E-state index is 0.677. The van der Waals surface area contributed by atoms with Gasteiger partial charge in [-0.1, -0.05) is 21.6 Å². The van der Waals surface area contributed by atoms with Crippen LogP contribution in [0.3, 0.4) is 0 Å². The molecule has 0 heterocycles. The molecule has 0 rings (SSSR count). The predicted octanol–water partition coefficient (Wildman–Crippen LogP) is 2.44. The zero-order valence-corrected chi connectivity index (χ0v) is 12.5. The first kappa shape index (κ1) is 17.2. The summed E-state index contributed by atoms with van der Waals surface area (Å²) in [6.45, 7) is 7.86. The molecule has 0 aromatic heterocycles. The Hall–Kier alpha value is 0.797. The first-order chi connectivity index (χ1) is 6.76. The van der Waals surface area contributed by atoms with Crippen LogP contribution in [0.4, 0.5) is 0 Å². The Morgan fingerprint density at radius 3 is 1.21 bits per heavy atom. The summed E-state index contributed by atoms with van der Waals surface area (Å²) in [4.78, 5) is 0. The molecule has 0 radical (unpaired) electrons. The summed E-state index contributed by atoms with van der Waals surface area (Å²) in [6, 6.07) is 0. The van der Waals surface area contributed by atoms with Crippen LogP contribution >= 0.6 is 21.6 Å². The van der Waals surface area contributed by atoms with Crippen LogP contribution in [0.25, 0.3) is 0 Å². The molecule has 0 bridgehead atoms. The van der Waals surface area contributed by atoms with Crippen molar-refractivity contribution in [2.75, 3.05) is 32.3 Å². The monoisotopic (exact) mass is 258 g/mol. The van der Waals surface area contributed by atoms with E-state index in [4.69, 9.17) is 13.3 Å². The predicted molar refractivity (Wildman–Crippen MR) is 69.1 cm³/mol. The number of hydrogen-bond donors (Lipinski definition) is 0. The molecule has 0 saturated carbocycles. The van der Waals surface area contributed by atoms with Gasteiger partial charge in [0, 0.05) is 19.8 Å². The third-order valence-corrected chi connectivity index (χ3v) is 4.22. The van der Waals surface area contributed by atoms with Crippen molar-refractivity contribution in [2.24, 2.45) is 0 Å². The van der Waals surface area contributed by atoms with Crippen LogP contribution in [0.2, 0.25) is 0 Å². The van der Waals surface area contributed by atoms with Crippen LogP contribution in [-0.4, -0.2) is 41.9 Å². The van der Waals surface area contributed by atoms with Gasteiger partial charge in [0.15, 0.2) is 0 Å². The lowest BCUT2D eigenvalue weighted by atomic mass is 10.9. The van der Waals surface area contributed by atoms with Gasteiger partial charge in [-0.25, -0.2) is 0 Å². The van der Waals surface area contributed by atoms with Crippen molar-refractivity contribution >= 4 is 31.1 Å². The van der Waals surface area contributed by atoms with E-state index in [2.05, 4.69) is 12.5 Å².